The molecule has 1 N–H and O–H groups in total. The summed E-state index contributed by atoms with van der Waals surface area (Å²) in [5.74, 6) is 0.0211. The zero-order chi connectivity index (χ0) is 14.8. The number of aromatic amines is 1. The van der Waals surface area contributed by atoms with Gasteiger partial charge in [0.25, 0.3) is 0 Å². The van der Waals surface area contributed by atoms with Crippen molar-refractivity contribution >= 4 is 16.7 Å². The van der Waals surface area contributed by atoms with E-state index in [0.29, 0.717) is 17.5 Å². The van der Waals surface area contributed by atoms with Crippen molar-refractivity contribution in [1.82, 2.24) is 4.98 Å². The number of Topliss-reactive ketones (excluding diaryl/α,β-unsaturated/α-hetero) is 1. The van der Waals surface area contributed by atoms with Crippen molar-refractivity contribution in [3.05, 3.63) is 70.9 Å². The second kappa shape index (κ2) is 5.26. The number of nitriles is 1. The van der Waals surface area contributed by atoms with Crippen LogP contribution in [0.4, 0.5) is 0 Å². The van der Waals surface area contributed by atoms with Crippen LogP contribution in [0.3, 0.4) is 0 Å². The van der Waals surface area contributed by atoms with E-state index in [0.717, 1.165) is 16.5 Å². The summed E-state index contributed by atoms with van der Waals surface area (Å²) >= 11 is 0. The lowest BCUT2D eigenvalue weighted by Crippen LogP contribution is -2.03. The predicted octanol–water partition coefficient (Wildman–Crippen LogP) is 3.77. The van der Waals surface area contributed by atoms with Gasteiger partial charge in [0.2, 0.25) is 0 Å². The number of benzene rings is 2. The number of aryl methyl sites for hydroxylation is 1. The molecule has 1 aromatic heterocycles. The smallest absolute Gasteiger partial charge is 0.169 e. The Hall–Kier alpha value is -2.86. The predicted molar refractivity (Wildman–Crippen MR) is 82.2 cm³/mol. The average molecular weight is 274 g/mol. The van der Waals surface area contributed by atoms with Crippen molar-refractivity contribution < 1.29 is 4.79 Å². The zero-order valence-corrected chi connectivity index (χ0v) is 11.7. The molecule has 1 heterocycles. The molecule has 0 radical (unpaired) electrons. The topological polar surface area (TPSA) is 56.6 Å². The van der Waals surface area contributed by atoms with Gasteiger partial charge in [0.1, 0.15) is 0 Å². The monoisotopic (exact) mass is 274 g/mol. The fourth-order valence-electron chi connectivity index (χ4n) is 2.48. The first-order valence-corrected chi connectivity index (χ1v) is 6.78. The van der Waals surface area contributed by atoms with Crippen LogP contribution in [-0.2, 0) is 6.42 Å². The second-order valence-electron chi connectivity index (χ2n) is 5.13. The maximum Gasteiger partial charge on any atom is 0.169 e. The van der Waals surface area contributed by atoms with Gasteiger partial charge in [-0.2, -0.15) is 5.26 Å². The van der Waals surface area contributed by atoms with Gasteiger partial charge in [-0.1, -0.05) is 35.9 Å². The van der Waals surface area contributed by atoms with Crippen molar-refractivity contribution in [1.29, 1.82) is 5.26 Å². The molecule has 3 nitrogen and oxygen atoms in total. The van der Waals surface area contributed by atoms with Crippen LogP contribution in [0.5, 0.6) is 0 Å². The van der Waals surface area contributed by atoms with Gasteiger partial charge >= 0.3 is 0 Å². The van der Waals surface area contributed by atoms with Crippen molar-refractivity contribution in [2.45, 2.75) is 13.3 Å². The summed E-state index contributed by atoms with van der Waals surface area (Å²) < 4.78 is 0. The number of carbonyl (C=O) groups is 1. The third-order valence-electron chi connectivity index (χ3n) is 3.61. The first kappa shape index (κ1) is 13.1. The number of hydrogen-bond acceptors (Lipinski definition) is 2. The van der Waals surface area contributed by atoms with Crippen LogP contribution in [0, 0.1) is 18.3 Å². The van der Waals surface area contributed by atoms with Crippen molar-refractivity contribution in [2.75, 3.05) is 0 Å². The third kappa shape index (κ3) is 2.44. The maximum atomic E-state index is 12.5. The molecule has 0 amide bonds. The van der Waals surface area contributed by atoms with Crippen molar-refractivity contribution in [3.63, 3.8) is 0 Å². The van der Waals surface area contributed by atoms with E-state index < -0.39 is 0 Å². The van der Waals surface area contributed by atoms with Gasteiger partial charge in [-0.05, 0) is 24.6 Å². The minimum absolute atomic E-state index is 0.0211. The highest BCUT2D eigenvalue weighted by molar-refractivity contribution is 6.10. The van der Waals surface area contributed by atoms with Crippen LogP contribution >= 0.6 is 0 Å². The van der Waals surface area contributed by atoms with Crippen molar-refractivity contribution in [3.8, 4) is 6.07 Å². The summed E-state index contributed by atoms with van der Waals surface area (Å²) in [6.07, 6.45) is 2.04. The minimum Gasteiger partial charge on any atom is -0.360 e. The number of fused-ring (bicyclic) bond motifs is 1. The Morgan fingerprint density at radius 2 is 1.95 bits per heavy atom. The SMILES string of the molecule is Cc1ccc(CC(=O)c2c[nH]c3cccc(C#N)c23)cc1. The molecule has 0 aliphatic heterocycles. The lowest BCUT2D eigenvalue weighted by Gasteiger charge is -2.02. The fourth-order valence-corrected chi connectivity index (χ4v) is 2.48. The molecule has 2 aromatic carbocycles. The van der Waals surface area contributed by atoms with E-state index in [2.05, 4.69) is 11.1 Å². The van der Waals surface area contributed by atoms with E-state index in [4.69, 9.17) is 0 Å². The van der Waals surface area contributed by atoms with E-state index in [9.17, 15) is 10.1 Å². The summed E-state index contributed by atoms with van der Waals surface area (Å²) in [7, 11) is 0. The van der Waals surface area contributed by atoms with E-state index in [1.54, 1.807) is 12.3 Å². The standard InChI is InChI=1S/C18H14N2O/c1-12-5-7-13(8-6-12)9-17(21)15-11-20-16-4-2-3-14(10-19)18(15)16/h2-8,11,20H,9H2,1H3. The lowest BCUT2D eigenvalue weighted by atomic mass is 9.99. The molecule has 3 aromatic rings. The molecule has 0 fully saturated rings. The van der Waals surface area contributed by atoms with Gasteiger partial charge in [0.05, 0.1) is 11.6 Å². The largest absolute Gasteiger partial charge is 0.360 e. The molecule has 0 aliphatic rings. The summed E-state index contributed by atoms with van der Waals surface area (Å²) in [5.41, 5.74) is 4.09. The lowest BCUT2D eigenvalue weighted by molar-refractivity contribution is 0.0994. The normalized spacial score (nSPS) is 10.5. The fraction of sp³-hybridized carbons (Fsp3) is 0.111. The van der Waals surface area contributed by atoms with Crippen LogP contribution in [0.1, 0.15) is 27.0 Å². The molecular weight excluding hydrogens is 260 g/mol. The van der Waals surface area contributed by atoms with Gasteiger partial charge in [-0.25, -0.2) is 0 Å². The van der Waals surface area contributed by atoms with Crippen molar-refractivity contribution in [2.24, 2.45) is 0 Å². The molecule has 0 saturated heterocycles. The molecule has 102 valence electrons. The van der Waals surface area contributed by atoms with E-state index in [1.807, 2.05) is 43.3 Å². The Morgan fingerprint density at radius 3 is 2.67 bits per heavy atom. The Bertz CT molecular complexity index is 851. The van der Waals surface area contributed by atoms with Crippen LogP contribution in [0.15, 0.2) is 48.7 Å². The number of ketones is 1. The van der Waals surface area contributed by atoms with Gasteiger partial charge in [0.15, 0.2) is 5.78 Å². The average Bonchev–Trinajstić information content (AvgIpc) is 2.93. The highest BCUT2D eigenvalue weighted by Crippen LogP contribution is 2.23. The van der Waals surface area contributed by atoms with Gasteiger partial charge in [-0.3, -0.25) is 4.79 Å². The van der Waals surface area contributed by atoms with Crippen LogP contribution in [0.25, 0.3) is 10.9 Å². The van der Waals surface area contributed by atoms with E-state index >= 15 is 0 Å². The number of hydrogen-bond donors (Lipinski definition) is 1. The first-order chi connectivity index (χ1) is 10.2. The van der Waals surface area contributed by atoms with Crippen LogP contribution in [-0.4, -0.2) is 10.8 Å². The van der Waals surface area contributed by atoms with E-state index in [1.165, 1.54) is 5.56 Å². The molecule has 0 unspecified atom stereocenters. The molecule has 0 spiro atoms. The summed E-state index contributed by atoms with van der Waals surface area (Å²) in [6.45, 7) is 2.02. The number of nitrogens with one attached hydrogen (secondary N) is 1. The second-order valence-corrected chi connectivity index (χ2v) is 5.13. The van der Waals surface area contributed by atoms with Crippen LogP contribution < -0.4 is 0 Å². The molecular formula is C18H14N2O. The maximum absolute atomic E-state index is 12.5. The zero-order valence-electron chi connectivity index (χ0n) is 11.7. The summed E-state index contributed by atoms with van der Waals surface area (Å²) in [6, 6.07) is 15.5. The van der Waals surface area contributed by atoms with Gasteiger partial charge in [0, 0.05) is 29.1 Å². The number of H-pyrrole nitrogens is 1. The van der Waals surface area contributed by atoms with Crippen LogP contribution in [0.2, 0.25) is 0 Å². The van der Waals surface area contributed by atoms with Gasteiger partial charge < -0.3 is 4.98 Å². The number of nitrogens with zero attached hydrogens (tertiary/aromatic N) is 1. The molecule has 0 atom stereocenters. The summed E-state index contributed by atoms with van der Waals surface area (Å²) in [4.78, 5) is 15.6. The quantitative estimate of drug-likeness (QED) is 0.739. The summed E-state index contributed by atoms with van der Waals surface area (Å²) in [5, 5.41) is 9.92. The molecule has 0 aliphatic carbocycles. The highest BCUT2D eigenvalue weighted by atomic mass is 16.1. The number of rotatable bonds is 3. The van der Waals surface area contributed by atoms with E-state index in [-0.39, 0.29) is 5.78 Å². The molecule has 3 heteroatoms. The molecule has 3 rings (SSSR count). The molecule has 0 bridgehead atoms. The Labute approximate surface area is 122 Å². The molecule has 21 heavy (non-hydrogen) atoms. The molecule has 0 saturated carbocycles. The van der Waals surface area contributed by atoms with Gasteiger partial charge in [-0.15, -0.1) is 0 Å². The number of aromatic nitrogens is 1. The minimum atomic E-state index is 0.0211. The Balaban J connectivity index is 1.99. The Kier molecular flexibility index (Phi) is 3.29. The highest BCUT2D eigenvalue weighted by Gasteiger charge is 2.15. The first-order valence-electron chi connectivity index (χ1n) is 6.78. The Morgan fingerprint density at radius 1 is 1.19 bits per heavy atom. The number of carbonyl (C=O) groups excluding carboxylic acids is 1. The third-order valence-corrected chi connectivity index (χ3v) is 3.61.